The van der Waals surface area contributed by atoms with Crippen molar-refractivity contribution in [2.75, 3.05) is 55.7 Å². The number of benzene rings is 10. The van der Waals surface area contributed by atoms with Crippen LogP contribution in [-0.2, 0) is 71.1 Å². The van der Waals surface area contributed by atoms with Crippen LogP contribution in [0.25, 0.3) is 54.6 Å². The molecule has 3 N–H and O–H groups in total. The van der Waals surface area contributed by atoms with E-state index < -0.39 is 23.8 Å². The van der Waals surface area contributed by atoms with Gasteiger partial charge in [-0.3, -0.25) is 0 Å². The predicted molar refractivity (Wildman–Crippen MR) is 540 cm³/mol. The van der Waals surface area contributed by atoms with Crippen molar-refractivity contribution in [2.45, 2.75) is 165 Å². The van der Waals surface area contributed by atoms with Crippen LogP contribution in [0.4, 0.5) is 34.1 Å². The number of nitrogens with zero attached hydrogens (tertiary/aromatic N) is 14. The molecule has 2 amide bonds. The number of rotatable bonds is 27. The van der Waals surface area contributed by atoms with Crippen molar-refractivity contribution in [3.63, 3.8) is 0 Å². The molecular formula is C106H116Cu2IN15O10S4. The summed E-state index contributed by atoms with van der Waals surface area (Å²) in [5, 5.41) is 83.3. The first-order valence-electron chi connectivity index (χ1n) is 45.3. The molecule has 25 nitrogen and oxygen atoms in total. The van der Waals surface area contributed by atoms with E-state index in [1.807, 2.05) is 96.4 Å². The van der Waals surface area contributed by atoms with Gasteiger partial charge in [-0.15, -0.1) is 20.5 Å². The van der Waals surface area contributed by atoms with Crippen molar-refractivity contribution in [3.05, 3.63) is 317 Å². The molecule has 0 saturated carbocycles. The molecule has 0 saturated heterocycles. The van der Waals surface area contributed by atoms with Crippen LogP contribution >= 0.6 is 46.2 Å². The fraction of sp³-hybridized carbons (Fsp3) is 0.283. The van der Waals surface area contributed by atoms with Crippen LogP contribution < -0.4 is 67.5 Å². The fourth-order valence-corrected chi connectivity index (χ4v) is 20.0. The molecule has 0 unspecified atom stereocenters. The first-order valence-corrected chi connectivity index (χ1v) is 48.6. The van der Waals surface area contributed by atoms with Gasteiger partial charge in [0.1, 0.15) is 34.0 Å². The van der Waals surface area contributed by atoms with Gasteiger partial charge in [-0.1, -0.05) is 234 Å². The first-order chi connectivity index (χ1) is 65.0. The molecule has 6 heterocycles. The number of hydrogen-bond acceptors (Lipinski definition) is 22. The number of fused-ring (bicyclic) bond motifs is 4. The van der Waals surface area contributed by atoms with Gasteiger partial charge in [0.25, 0.3) is 10.0 Å². The number of hydrogen-bond donors (Lipinski definition) is 3. The SMILES string of the molecule is CCN1C(=Cc2sc3ccccc3[n+]2CC)Sc2ccccc21.CCN1C(=Cc2sc3ccccc3[n+]2CC)Sc2ccccc21.CCOc1ccc(C(C)(C)C)cc1C[N-]C(=O)c1ccccc1N=Nc1c(C)nn(-c2cccc(C(=O)[O-])c2)c1O.CCOc1ccc(C(C)(C)C)cc1C[N-]C(=O)c1ccccc1N=Nc1c(C)nn(-c2cccc(C(=O)[O-])c2)c1O.CC[NH+](CC)CC.[Cu+].[Cu+].[I-]. The van der Waals surface area contributed by atoms with Crippen LogP contribution in [0.15, 0.2) is 271 Å². The van der Waals surface area contributed by atoms with Gasteiger partial charge in [-0.05, 0) is 205 Å². The van der Waals surface area contributed by atoms with E-state index in [0.717, 1.165) is 57.8 Å². The summed E-state index contributed by atoms with van der Waals surface area (Å²) in [6.45, 7) is 44.3. The largest absolute Gasteiger partial charge is 1.00 e. The number of thiazole rings is 2. The molecule has 0 radical (unpaired) electrons. The molecule has 0 bridgehead atoms. The zero-order valence-electron chi connectivity index (χ0n) is 80.4. The molecule has 0 fully saturated rings. The maximum absolute atomic E-state index is 13.2. The number of carbonyl (C=O) groups excluding carboxylic acids is 4. The number of halogens is 1. The van der Waals surface area contributed by atoms with Gasteiger partial charge >= 0.3 is 34.1 Å². The van der Waals surface area contributed by atoms with Crippen molar-refractivity contribution in [1.82, 2.24) is 19.6 Å². The number of aryl methyl sites for hydroxylation is 4. The number of carbonyl (C=O) groups is 4. The Hall–Kier alpha value is -11.8. The fourth-order valence-electron chi connectivity index (χ4n) is 15.2. The van der Waals surface area contributed by atoms with Gasteiger partial charge in [-0.2, -0.15) is 28.7 Å². The number of azo groups is 2. The van der Waals surface area contributed by atoms with E-state index in [-0.39, 0.29) is 139 Å². The Morgan fingerprint density at radius 1 is 0.464 bits per heavy atom. The summed E-state index contributed by atoms with van der Waals surface area (Å²) in [7, 11) is 0. The van der Waals surface area contributed by atoms with Crippen LogP contribution in [0.1, 0.15) is 189 Å². The van der Waals surface area contributed by atoms with Crippen molar-refractivity contribution in [2.24, 2.45) is 20.5 Å². The molecule has 138 heavy (non-hydrogen) atoms. The van der Waals surface area contributed by atoms with Crippen LogP contribution in [0.3, 0.4) is 0 Å². The second kappa shape index (κ2) is 51.2. The monoisotopic (exact) mass is 2140 g/mol. The zero-order valence-corrected chi connectivity index (χ0v) is 87.7. The number of thioether (sulfide) groups is 2. The summed E-state index contributed by atoms with van der Waals surface area (Å²) < 4.78 is 21.4. The van der Waals surface area contributed by atoms with Gasteiger partial charge in [0.2, 0.25) is 22.8 Å². The summed E-state index contributed by atoms with van der Waals surface area (Å²) in [6, 6.07) is 71.5. The Labute approximate surface area is 862 Å². The number of ether oxygens (including phenoxy) is 2. The van der Waals surface area contributed by atoms with Gasteiger partial charge in [0.15, 0.2) is 11.4 Å². The van der Waals surface area contributed by atoms with E-state index >= 15 is 0 Å². The molecule has 10 aromatic carbocycles. The number of carboxylic acid groups (broad SMARTS) is 2. The van der Waals surface area contributed by atoms with Gasteiger partial charge in [0.05, 0.1) is 124 Å². The third-order valence-electron chi connectivity index (χ3n) is 22.5. The Balaban J connectivity index is 0.000000205. The van der Waals surface area contributed by atoms with Gasteiger partial charge in [0, 0.05) is 46.1 Å². The minimum atomic E-state index is -1.35. The Bertz CT molecular complexity index is 6320. The number of carboxylic acids is 2. The van der Waals surface area contributed by atoms with E-state index in [4.69, 9.17) is 9.47 Å². The van der Waals surface area contributed by atoms with Crippen molar-refractivity contribution in [1.29, 1.82) is 0 Å². The maximum Gasteiger partial charge on any atom is 1.00 e. The maximum atomic E-state index is 13.2. The molecule has 14 aromatic rings. The summed E-state index contributed by atoms with van der Waals surface area (Å²) in [5.41, 5.74) is 11.3. The number of aromatic nitrogens is 6. The Morgan fingerprint density at radius 2 is 0.826 bits per heavy atom. The third kappa shape index (κ3) is 27.0. The number of nitrogens with one attached hydrogen (secondary N) is 1. The molecule has 0 spiro atoms. The molecule has 16 rings (SSSR count). The normalized spacial score (nSPS) is 12.6. The van der Waals surface area contributed by atoms with Crippen molar-refractivity contribution >= 4 is 137 Å². The van der Waals surface area contributed by atoms with Crippen LogP contribution in [0.5, 0.6) is 23.3 Å². The quantitative estimate of drug-likeness (QED) is 0.0186. The minimum absolute atomic E-state index is 0. The molecule has 4 aromatic heterocycles. The second-order valence-corrected chi connectivity index (χ2v) is 37.7. The van der Waals surface area contributed by atoms with Gasteiger partial charge in [-0.25, -0.2) is 0 Å². The number of amides is 2. The van der Waals surface area contributed by atoms with Crippen molar-refractivity contribution in [3.8, 4) is 34.6 Å². The molecule has 32 heteroatoms. The smallest absolute Gasteiger partial charge is 1.00 e. The molecule has 2 aliphatic rings. The molecule has 728 valence electrons. The van der Waals surface area contributed by atoms with Gasteiger partial charge < -0.3 is 98.4 Å². The van der Waals surface area contributed by atoms with Crippen molar-refractivity contribution < 1.29 is 121 Å². The summed E-state index contributed by atoms with van der Waals surface area (Å²) in [5.74, 6) is -2.96. The van der Waals surface area contributed by atoms with E-state index in [0.29, 0.717) is 47.5 Å². The van der Waals surface area contributed by atoms with Crippen LogP contribution in [0, 0.1) is 13.8 Å². The number of aromatic hydroxyl groups is 2. The number of para-hydroxylation sites is 4. The second-order valence-electron chi connectivity index (χ2n) is 33.4. The Kier molecular flexibility index (Phi) is 40.7. The molecule has 0 aliphatic carbocycles. The van der Waals surface area contributed by atoms with E-state index in [1.54, 1.807) is 79.4 Å². The van der Waals surface area contributed by atoms with Crippen LogP contribution in [0.2, 0.25) is 0 Å². The summed E-state index contributed by atoms with van der Waals surface area (Å²) in [6.07, 6.45) is 4.70. The topological polar surface area (TPSA) is 305 Å². The van der Waals surface area contributed by atoms with E-state index in [9.17, 15) is 39.6 Å². The summed E-state index contributed by atoms with van der Waals surface area (Å²) >= 11 is 7.49. The average Bonchev–Trinajstić information content (AvgIpc) is 1.64. The minimum Gasteiger partial charge on any atom is -1.00 e. The zero-order chi connectivity index (χ0) is 96.8. The third-order valence-corrected chi connectivity index (χ3v) is 26.9. The number of aromatic carboxylic acids is 2. The summed E-state index contributed by atoms with van der Waals surface area (Å²) in [4.78, 5) is 58.0. The molecular weight excluding hydrogens is 2030 g/mol. The average molecular weight is 2140 g/mol. The number of anilines is 2. The first kappa shape index (κ1) is 110. The van der Waals surface area contributed by atoms with Crippen LogP contribution in [-0.4, -0.2) is 99.5 Å². The Morgan fingerprint density at radius 3 is 1.17 bits per heavy atom. The predicted octanol–water partition coefficient (Wildman–Crippen LogP) is 19.4. The molecule has 2 aliphatic heterocycles. The number of quaternary nitrogens is 1. The molecule has 0 atom stereocenters. The standard InChI is InChI=1S/2C31H33N5O5.2C19H19N2S2.C6H15N.2Cu.HI/c2*1-6-41-26-15-14-22(31(3,4)5)16-21(26)18-32-28(37)24-12-7-8-13-25(24)33-34-27-19(2)35-36(29(27)38)23-11-9-10-20(17-23)30(39)40;2*1-3-20-14-9-5-7-11-16(14)22-18(20)13-19-21(4-2)15-10-6-8-12-17(15)23-19;1-4-7(5-2)6-3;;;/h2*7-17H,6,18H2,1-5H3,(H3,32,33,35,37,38,39,40);2*5-13H,3-4H2,1-2H3;4-6H2,1-3H3;;;1H/q;;2*+1;;2*+1;/p-4. The van der Waals surface area contributed by atoms with E-state index in [2.05, 4.69) is 259 Å². The van der Waals surface area contributed by atoms with E-state index in [1.165, 1.54) is 118 Å².